The highest BCUT2D eigenvalue weighted by molar-refractivity contribution is 7.89. The number of sulfonamides is 1. The highest BCUT2D eigenvalue weighted by atomic mass is 35.5. The molecule has 1 aliphatic heterocycles. The number of anilines is 1. The number of carbonyl (C=O) groups excluding carboxylic acids is 1. The molecule has 32 heavy (non-hydrogen) atoms. The van der Waals surface area contributed by atoms with Gasteiger partial charge >= 0.3 is 0 Å². The van der Waals surface area contributed by atoms with Crippen molar-refractivity contribution in [2.75, 3.05) is 38.0 Å². The van der Waals surface area contributed by atoms with Crippen LogP contribution in [0.3, 0.4) is 0 Å². The van der Waals surface area contributed by atoms with Gasteiger partial charge in [-0.2, -0.15) is 13.1 Å². The lowest BCUT2D eigenvalue weighted by molar-refractivity contribution is -0.384. The molecule has 2 aromatic carbocycles. The summed E-state index contributed by atoms with van der Waals surface area (Å²) in [5, 5.41) is 13.6. The van der Waals surface area contributed by atoms with E-state index in [-0.39, 0.29) is 46.8 Å². The van der Waals surface area contributed by atoms with Gasteiger partial charge in [-0.15, -0.1) is 0 Å². The van der Waals surface area contributed by atoms with Gasteiger partial charge < -0.3 is 5.32 Å². The number of rotatable bonds is 6. The van der Waals surface area contributed by atoms with Crippen LogP contribution in [0.4, 0.5) is 11.4 Å². The van der Waals surface area contributed by atoms with Crippen molar-refractivity contribution in [1.29, 1.82) is 0 Å². The summed E-state index contributed by atoms with van der Waals surface area (Å²) in [7, 11) is -3.74. The predicted molar refractivity (Wildman–Crippen MR) is 119 cm³/mol. The molecule has 14 heteroatoms. The zero-order valence-corrected chi connectivity index (χ0v) is 18.9. The third-order valence-electron chi connectivity index (χ3n) is 4.99. The van der Waals surface area contributed by atoms with E-state index in [0.29, 0.717) is 24.1 Å². The first-order valence-corrected chi connectivity index (χ1v) is 12.0. The minimum atomic E-state index is -3.74. The Morgan fingerprint density at radius 1 is 1.19 bits per heavy atom. The Hall–Kier alpha value is -2.71. The van der Waals surface area contributed by atoms with E-state index < -0.39 is 14.9 Å². The van der Waals surface area contributed by atoms with Gasteiger partial charge in [0.15, 0.2) is 0 Å². The molecule has 1 saturated heterocycles. The Kier molecular flexibility index (Phi) is 6.35. The molecule has 1 N–H and O–H groups in total. The van der Waals surface area contributed by atoms with Gasteiger partial charge in [0.2, 0.25) is 15.9 Å². The minimum Gasteiger partial charge on any atom is -0.325 e. The smallest absolute Gasteiger partial charge is 0.289 e. The van der Waals surface area contributed by atoms with Gasteiger partial charge in [-0.05, 0) is 24.3 Å². The fourth-order valence-electron chi connectivity index (χ4n) is 3.39. The fourth-order valence-corrected chi connectivity index (χ4v) is 5.75. The summed E-state index contributed by atoms with van der Waals surface area (Å²) in [5.74, 6) is -0.365. The second kappa shape index (κ2) is 9.03. The highest BCUT2D eigenvalue weighted by Gasteiger charge is 2.31. The Balaban J connectivity index is 1.37. The average Bonchev–Trinajstić information content (AvgIpc) is 3.24. The molecule has 0 atom stereocenters. The van der Waals surface area contributed by atoms with Crippen molar-refractivity contribution in [1.82, 2.24) is 18.0 Å². The maximum absolute atomic E-state index is 13.1. The maximum atomic E-state index is 13.1. The van der Waals surface area contributed by atoms with Gasteiger partial charge in [-0.3, -0.25) is 19.8 Å². The number of amides is 1. The molecule has 11 nitrogen and oxygen atoms in total. The molecule has 0 saturated carbocycles. The van der Waals surface area contributed by atoms with Crippen LogP contribution in [0.25, 0.3) is 11.0 Å². The van der Waals surface area contributed by atoms with E-state index in [1.165, 1.54) is 28.6 Å². The number of fused-ring (bicyclic) bond motifs is 1. The minimum absolute atomic E-state index is 0.0190. The highest BCUT2D eigenvalue weighted by Crippen LogP contribution is 2.28. The van der Waals surface area contributed by atoms with E-state index in [2.05, 4.69) is 14.1 Å². The quantitative estimate of drug-likeness (QED) is 0.404. The monoisotopic (exact) mass is 496 g/mol. The molecule has 168 valence electrons. The Labute approximate surface area is 192 Å². The van der Waals surface area contributed by atoms with Gasteiger partial charge in [-0.1, -0.05) is 17.7 Å². The molecule has 0 spiro atoms. The SMILES string of the molecule is O=C(CN1CCN(S(=O)(=O)c2cccc3nsnc23)CC1)Nc1ccc(Cl)c([N+](=O)[O-])c1. The van der Waals surface area contributed by atoms with Gasteiger partial charge in [0.25, 0.3) is 5.69 Å². The molecule has 2 heterocycles. The van der Waals surface area contributed by atoms with Crippen LogP contribution in [0, 0.1) is 10.1 Å². The third-order valence-corrected chi connectivity index (χ3v) is 7.78. The number of nitrogens with one attached hydrogen (secondary N) is 1. The van der Waals surface area contributed by atoms with Crippen molar-refractivity contribution >= 4 is 61.7 Å². The summed E-state index contributed by atoms with van der Waals surface area (Å²) in [6.07, 6.45) is 0. The summed E-state index contributed by atoms with van der Waals surface area (Å²) >= 11 is 6.74. The molecule has 0 radical (unpaired) electrons. The van der Waals surface area contributed by atoms with E-state index in [0.717, 1.165) is 11.7 Å². The van der Waals surface area contributed by atoms with Crippen LogP contribution < -0.4 is 5.32 Å². The molecule has 1 fully saturated rings. The summed E-state index contributed by atoms with van der Waals surface area (Å²) in [6.45, 7) is 1.18. The van der Waals surface area contributed by atoms with Crippen molar-refractivity contribution in [3.05, 3.63) is 51.5 Å². The second-order valence-electron chi connectivity index (χ2n) is 7.04. The molecule has 4 rings (SSSR count). The molecule has 1 aromatic heterocycles. The molecule has 0 bridgehead atoms. The van der Waals surface area contributed by atoms with Crippen LogP contribution in [0.2, 0.25) is 5.02 Å². The molecular formula is C18H17ClN6O5S2. The predicted octanol–water partition coefficient (Wildman–Crippen LogP) is 2.20. The summed E-state index contributed by atoms with van der Waals surface area (Å²) in [4.78, 5) is 24.7. The van der Waals surface area contributed by atoms with Crippen LogP contribution in [-0.4, -0.2) is 69.9 Å². The molecule has 1 amide bonds. The summed E-state index contributed by atoms with van der Waals surface area (Å²) in [6, 6.07) is 8.88. The number of nitro groups is 1. The molecule has 0 aliphatic carbocycles. The molecule has 1 aliphatic rings. The van der Waals surface area contributed by atoms with Crippen molar-refractivity contribution in [3.63, 3.8) is 0 Å². The summed E-state index contributed by atoms with van der Waals surface area (Å²) < 4.78 is 35.7. The van der Waals surface area contributed by atoms with Crippen LogP contribution in [-0.2, 0) is 14.8 Å². The Morgan fingerprint density at radius 2 is 1.94 bits per heavy atom. The van der Waals surface area contributed by atoms with E-state index in [4.69, 9.17) is 11.6 Å². The first-order chi connectivity index (χ1) is 15.3. The lowest BCUT2D eigenvalue weighted by Crippen LogP contribution is -2.50. The number of hydrogen-bond donors (Lipinski definition) is 1. The second-order valence-corrected chi connectivity index (χ2v) is 9.88. The van der Waals surface area contributed by atoms with Crippen LogP contribution >= 0.6 is 23.3 Å². The fraction of sp³-hybridized carbons (Fsp3) is 0.278. The Morgan fingerprint density at radius 3 is 2.66 bits per heavy atom. The van der Waals surface area contributed by atoms with Gasteiger partial charge in [0.1, 0.15) is 21.0 Å². The van der Waals surface area contributed by atoms with Crippen LogP contribution in [0.5, 0.6) is 0 Å². The van der Waals surface area contributed by atoms with Crippen molar-refractivity contribution in [2.45, 2.75) is 4.90 Å². The number of hydrogen-bond acceptors (Lipinski definition) is 9. The number of halogens is 1. The van der Waals surface area contributed by atoms with Crippen molar-refractivity contribution in [2.24, 2.45) is 0 Å². The van der Waals surface area contributed by atoms with E-state index in [1.807, 2.05) is 4.90 Å². The van der Waals surface area contributed by atoms with E-state index in [9.17, 15) is 23.3 Å². The maximum Gasteiger partial charge on any atom is 0.289 e. The Bertz CT molecular complexity index is 1290. The van der Waals surface area contributed by atoms with Crippen LogP contribution in [0.1, 0.15) is 0 Å². The van der Waals surface area contributed by atoms with Gasteiger partial charge in [0.05, 0.1) is 23.2 Å². The number of nitrogens with zero attached hydrogens (tertiary/aromatic N) is 5. The normalized spacial score (nSPS) is 15.7. The topological polar surface area (TPSA) is 139 Å². The van der Waals surface area contributed by atoms with Crippen LogP contribution in [0.15, 0.2) is 41.3 Å². The molecule has 3 aromatic rings. The zero-order valence-electron chi connectivity index (χ0n) is 16.5. The van der Waals surface area contributed by atoms with Gasteiger partial charge in [0, 0.05) is 37.9 Å². The van der Waals surface area contributed by atoms with E-state index >= 15 is 0 Å². The van der Waals surface area contributed by atoms with E-state index in [1.54, 1.807) is 12.1 Å². The largest absolute Gasteiger partial charge is 0.325 e. The standard InChI is InChI=1S/C18H17ClN6O5S2/c19-13-5-4-12(10-15(13)25(27)28)20-17(26)11-23-6-8-24(9-7-23)32(29,30)16-3-1-2-14-18(16)22-31-21-14/h1-5,10H,6-9,11H2,(H,20,26). The molecular weight excluding hydrogens is 480 g/mol. The zero-order chi connectivity index (χ0) is 22.9. The average molecular weight is 497 g/mol. The molecule has 0 unspecified atom stereocenters. The number of benzene rings is 2. The summed E-state index contributed by atoms with van der Waals surface area (Å²) in [5.41, 5.74) is 0.857. The third kappa shape index (κ3) is 4.56. The van der Waals surface area contributed by atoms with Crippen molar-refractivity contribution in [3.8, 4) is 0 Å². The number of aromatic nitrogens is 2. The number of piperazine rings is 1. The first-order valence-electron chi connectivity index (χ1n) is 9.43. The van der Waals surface area contributed by atoms with Gasteiger partial charge in [-0.25, -0.2) is 8.42 Å². The first kappa shape index (κ1) is 22.5. The number of carbonyl (C=O) groups is 1. The lowest BCUT2D eigenvalue weighted by Gasteiger charge is -2.33. The lowest BCUT2D eigenvalue weighted by atomic mass is 10.2. The number of nitro benzene ring substituents is 1. The van der Waals surface area contributed by atoms with Crippen molar-refractivity contribution < 1.29 is 18.1 Å².